The molecule has 0 unspecified atom stereocenters. The average Bonchev–Trinajstić information content (AvgIpc) is 3.82. The van der Waals surface area contributed by atoms with Crippen molar-refractivity contribution in [1.82, 2.24) is 9.97 Å². The van der Waals surface area contributed by atoms with Crippen molar-refractivity contribution in [1.29, 1.82) is 0 Å². The first-order valence-electron chi connectivity index (χ1n) is 21.0. The number of hydrogen-bond donors (Lipinski definition) is 0. The molecular formula is C59H38N2. The standard InChI is InChI=1S/C59H38N2/c1-3-16-39(17-4-1)56-38-57(61-58(60-56)40-18-5-2-6-19-40)47-25-15-24-45(36-47)43-22-13-20-41(34-43)42-21-14-23-44(35-42)46-32-33-55-51(37-46)50-28-9-12-31-54(50)59(55)52-29-10-7-26-48(52)49-27-8-11-30-53(49)59/h1-38H. The van der Waals surface area contributed by atoms with Crippen LogP contribution in [0.3, 0.4) is 0 Å². The minimum atomic E-state index is -0.334. The molecule has 0 amide bonds. The Labute approximate surface area is 356 Å². The minimum Gasteiger partial charge on any atom is -0.228 e. The summed E-state index contributed by atoms with van der Waals surface area (Å²) in [7, 11) is 0. The van der Waals surface area contributed by atoms with Crippen molar-refractivity contribution >= 4 is 0 Å². The second-order valence-corrected chi connectivity index (χ2v) is 16.1. The van der Waals surface area contributed by atoms with E-state index >= 15 is 0 Å². The monoisotopic (exact) mass is 774 g/mol. The molecule has 2 aliphatic carbocycles. The van der Waals surface area contributed by atoms with Crippen molar-refractivity contribution in [3.8, 4) is 89.5 Å². The number of nitrogens with zero attached hydrogens (tertiary/aromatic N) is 2. The van der Waals surface area contributed by atoms with E-state index in [1.807, 2.05) is 24.3 Å². The zero-order chi connectivity index (χ0) is 40.3. The SMILES string of the molecule is c1ccc(-c2cc(-c3cccc(-c4cccc(-c5cccc(-c6ccc7c(c6)-c6ccccc6C76c7ccccc7-c7ccccc76)c5)c4)c3)nc(-c3ccccc3)n2)cc1. The van der Waals surface area contributed by atoms with Gasteiger partial charge in [-0.2, -0.15) is 0 Å². The van der Waals surface area contributed by atoms with Gasteiger partial charge in [0.25, 0.3) is 0 Å². The highest BCUT2D eigenvalue weighted by atomic mass is 14.9. The van der Waals surface area contributed by atoms with Gasteiger partial charge in [-0.25, -0.2) is 9.97 Å². The van der Waals surface area contributed by atoms with Crippen LogP contribution in [0.25, 0.3) is 89.5 Å². The maximum Gasteiger partial charge on any atom is 0.160 e. The molecule has 0 radical (unpaired) electrons. The maximum absolute atomic E-state index is 5.10. The van der Waals surface area contributed by atoms with Crippen molar-refractivity contribution in [2.75, 3.05) is 0 Å². The fourth-order valence-electron chi connectivity index (χ4n) is 9.96. The topological polar surface area (TPSA) is 25.8 Å². The first-order chi connectivity index (χ1) is 30.2. The number of benzene rings is 9. The van der Waals surface area contributed by atoms with E-state index in [2.05, 4.69) is 206 Å². The third-order valence-electron chi connectivity index (χ3n) is 12.7. The molecule has 10 aromatic rings. The molecule has 9 aromatic carbocycles. The average molecular weight is 775 g/mol. The van der Waals surface area contributed by atoms with Gasteiger partial charge in [0, 0.05) is 16.7 Å². The summed E-state index contributed by atoms with van der Waals surface area (Å²) < 4.78 is 0. The van der Waals surface area contributed by atoms with E-state index in [0.717, 1.165) is 39.2 Å². The third kappa shape index (κ3) is 5.64. The summed E-state index contributed by atoms with van der Waals surface area (Å²) in [5.41, 5.74) is 22.4. The summed E-state index contributed by atoms with van der Waals surface area (Å²) in [6.07, 6.45) is 0. The second kappa shape index (κ2) is 14.1. The molecule has 1 spiro atoms. The normalized spacial score (nSPS) is 12.7. The molecular weight excluding hydrogens is 737 g/mol. The second-order valence-electron chi connectivity index (χ2n) is 16.1. The number of rotatable bonds is 6. The Morgan fingerprint density at radius 3 is 1.11 bits per heavy atom. The smallest absolute Gasteiger partial charge is 0.160 e. The molecule has 61 heavy (non-hydrogen) atoms. The Morgan fingerprint density at radius 1 is 0.230 bits per heavy atom. The third-order valence-corrected chi connectivity index (χ3v) is 12.7. The van der Waals surface area contributed by atoms with Crippen molar-refractivity contribution in [3.05, 3.63) is 253 Å². The summed E-state index contributed by atoms with van der Waals surface area (Å²) in [5, 5.41) is 0. The molecule has 0 saturated heterocycles. The molecule has 0 fully saturated rings. The van der Waals surface area contributed by atoms with E-state index in [1.165, 1.54) is 66.8 Å². The Kier molecular flexibility index (Phi) is 8.11. The van der Waals surface area contributed by atoms with Crippen molar-refractivity contribution in [2.45, 2.75) is 5.41 Å². The van der Waals surface area contributed by atoms with E-state index in [0.29, 0.717) is 5.82 Å². The Balaban J connectivity index is 0.909. The van der Waals surface area contributed by atoms with Crippen LogP contribution >= 0.6 is 0 Å². The van der Waals surface area contributed by atoms with Gasteiger partial charge < -0.3 is 0 Å². The van der Waals surface area contributed by atoms with Gasteiger partial charge in [0.2, 0.25) is 0 Å². The first kappa shape index (κ1) is 35.0. The zero-order valence-electron chi connectivity index (χ0n) is 33.3. The molecule has 2 nitrogen and oxygen atoms in total. The van der Waals surface area contributed by atoms with Gasteiger partial charge in [0.05, 0.1) is 16.8 Å². The van der Waals surface area contributed by atoms with E-state index in [4.69, 9.17) is 9.97 Å². The summed E-state index contributed by atoms with van der Waals surface area (Å²) in [5.74, 6) is 0.713. The van der Waals surface area contributed by atoms with Crippen molar-refractivity contribution < 1.29 is 0 Å². The number of aromatic nitrogens is 2. The first-order valence-corrected chi connectivity index (χ1v) is 21.0. The van der Waals surface area contributed by atoms with Crippen LogP contribution in [-0.2, 0) is 5.41 Å². The highest BCUT2D eigenvalue weighted by Gasteiger charge is 2.51. The lowest BCUT2D eigenvalue weighted by molar-refractivity contribution is 0.794. The fourth-order valence-corrected chi connectivity index (χ4v) is 9.96. The lowest BCUT2D eigenvalue weighted by atomic mass is 9.70. The van der Waals surface area contributed by atoms with E-state index in [1.54, 1.807) is 0 Å². The molecule has 0 saturated carbocycles. The molecule has 0 bridgehead atoms. The van der Waals surface area contributed by atoms with Crippen LogP contribution in [0.2, 0.25) is 0 Å². The fraction of sp³-hybridized carbons (Fsp3) is 0.0169. The summed E-state index contributed by atoms with van der Waals surface area (Å²) in [6.45, 7) is 0. The van der Waals surface area contributed by atoms with Crippen LogP contribution in [0, 0.1) is 0 Å². The maximum atomic E-state index is 5.10. The highest BCUT2D eigenvalue weighted by molar-refractivity contribution is 5.96. The van der Waals surface area contributed by atoms with Gasteiger partial charge in [-0.1, -0.05) is 200 Å². The predicted octanol–water partition coefficient (Wildman–Crippen LogP) is 14.8. The molecule has 1 aromatic heterocycles. The largest absolute Gasteiger partial charge is 0.228 e. The van der Waals surface area contributed by atoms with Gasteiger partial charge in [0.15, 0.2) is 5.82 Å². The summed E-state index contributed by atoms with van der Waals surface area (Å²) in [4.78, 5) is 10.1. The Bertz CT molecular complexity index is 3210. The number of hydrogen-bond acceptors (Lipinski definition) is 2. The van der Waals surface area contributed by atoms with Gasteiger partial charge in [-0.05, 0) is 108 Å². The lowest BCUT2D eigenvalue weighted by Gasteiger charge is -2.30. The van der Waals surface area contributed by atoms with Crippen LogP contribution in [0.4, 0.5) is 0 Å². The van der Waals surface area contributed by atoms with Gasteiger partial charge in [-0.3, -0.25) is 0 Å². The Hall–Kier alpha value is -7.94. The molecule has 2 aliphatic rings. The van der Waals surface area contributed by atoms with Crippen LogP contribution in [0.1, 0.15) is 22.3 Å². The van der Waals surface area contributed by atoms with Gasteiger partial charge in [0.1, 0.15) is 0 Å². The molecule has 0 N–H and O–H groups in total. The molecule has 0 atom stereocenters. The lowest BCUT2D eigenvalue weighted by Crippen LogP contribution is -2.25. The summed E-state index contributed by atoms with van der Waals surface area (Å²) in [6, 6.07) is 83.4. The quantitative estimate of drug-likeness (QED) is 0.168. The predicted molar refractivity (Wildman–Crippen MR) is 251 cm³/mol. The van der Waals surface area contributed by atoms with Crippen LogP contribution < -0.4 is 0 Å². The van der Waals surface area contributed by atoms with Crippen molar-refractivity contribution in [2.24, 2.45) is 0 Å². The molecule has 12 rings (SSSR count). The van der Waals surface area contributed by atoms with Crippen LogP contribution in [-0.4, -0.2) is 9.97 Å². The highest BCUT2D eigenvalue weighted by Crippen LogP contribution is 2.63. The Morgan fingerprint density at radius 2 is 0.590 bits per heavy atom. The van der Waals surface area contributed by atoms with Crippen LogP contribution in [0.5, 0.6) is 0 Å². The molecule has 0 aliphatic heterocycles. The van der Waals surface area contributed by atoms with Gasteiger partial charge >= 0.3 is 0 Å². The number of fused-ring (bicyclic) bond motifs is 10. The van der Waals surface area contributed by atoms with Crippen molar-refractivity contribution in [3.63, 3.8) is 0 Å². The van der Waals surface area contributed by atoms with E-state index in [-0.39, 0.29) is 5.41 Å². The van der Waals surface area contributed by atoms with Crippen LogP contribution in [0.15, 0.2) is 231 Å². The van der Waals surface area contributed by atoms with Gasteiger partial charge in [-0.15, -0.1) is 0 Å². The molecule has 1 heterocycles. The molecule has 2 heteroatoms. The summed E-state index contributed by atoms with van der Waals surface area (Å²) >= 11 is 0. The van der Waals surface area contributed by atoms with E-state index < -0.39 is 0 Å². The molecule has 284 valence electrons. The van der Waals surface area contributed by atoms with E-state index in [9.17, 15) is 0 Å². The zero-order valence-corrected chi connectivity index (χ0v) is 33.3. The minimum absolute atomic E-state index is 0.334.